The second-order valence-corrected chi connectivity index (χ2v) is 3.23. The molecule has 1 rings (SSSR count). The zero-order valence-corrected chi connectivity index (χ0v) is 6.60. The van der Waals surface area contributed by atoms with Crippen LogP contribution in [0.1, 0.15) is 0 Å². The summed E-state index contributed by atoms with van der Waals surface area (Å²) in [5, 5.41) is -1.67. The maximum absolute atomic E-state index is 12.1. The quantitative estimate of drug-likeness (QED) is 0.522. The molecule has 0 aliphatic heterocycles. The number of aromatic nitrogens is 2. The van der Waals surface area contributed by atoms with E-state index in [0.717, 1.165) is 0 Å². The average molecular weight is 218 g/mol. The zero-order valence-electron chi connectivity index (χ0n) is 5.79. The Hall–Kier alpha value is -1.12. The van der Waals surface area contributed by atoms with Crippen LogP contribution in [0.4, 0.5) is 17.1 Å². The molecule has 13 heavy (non-hydrogen) atoms. The Labute approximate surface area is 70.0 Å². The van der Waals surface area contributed by atoms with Crippen LogP contribution in [0.5, 0.6) is 0 Å². The van der Waals surface area contributed by atoms with Crippen LogP contribution in [-0.2, 0) is 16.5 Å². The predicted octanol–water partition coefficient (Wildman–Crippen LogP) is 1.02. The van der Waals surface area contributed by atoms with Crippen molar-refractivity contribution in [3.8, 4) is 0 Å². The molecular weight excluding hydrogens is 216 g/mol. The second-order valence-electron chi connectivity index (χ2n) is 1.99. The smallest absolute Gasteiger partial charge is 0.229 e. The zero-order chi connectivity index (χ0) is 10.3. The minimum atomic E-state index is -5.44. The Morgan fingerprint density at radius 2 is 1.92 bits per heavy atom. The van der Waals surface area contributed by atoms with Gasteiger partial charge in [-0.15, -0.1) is 13.2 Å². The lowest BCUT2D eigenvalue weighted by Gasteiger charge is -2.07. The van der Waals surface area contributed by atoms with E-state index in [1.165, 1.54) is 0 Å². The van der Waals surface area contributed by atoms with Gasteiger partial charge in [-0.2, -0.15) is 8.42 Å². The third kappa shape index (κ3) is 1.97. The maximum atomic E-state index is 12.1. The molecule has 0 spiro atoms. The third-order valence-electron chi connectivity index (χ3n) is 1.10. The van der Waals surface area contributed by atoms with Gasteiger partial charge in [0.25, 0.3) is 5.16 Å². The molecule has 0 bridgehead atoms. The standard InChI is InChI=1S/C4H2F4N2O2S/c5-4(6,7)10-2-1-9-3(10)13(8,11)12/h1-2H. The number of hydrogen-bond donors (Lipinski definition) is 0. The van der Waals surface area contributed by atoms with Gasteiger partial charge in [0.2, 0.25) is 0 Å². The van der Waals surface area contributed by atoms with E-state index < -0.39 is 26.2 Å². The van der Waals surface area contributed by atoms with Gasteiger partial charge in [0.1, 0.15) is 0 Å². The lowest BCUT2D eigenvalue weighted by molar-refractivity contribution is -0.209. The van der Waals surface area contributed by atoms with Crippen LogP contribution < -0.4 is 0 Å². The molecule has 0 unspecified atom stereocenters. The van der Waals surface area contributed by atoms with E-state index in [0.29, 0.717) is 12.4 Å². The van der Waals surface area contributed by atoms with Crippen LogP contribution in [0.15, 0.2) is 17.6 Å². The van der Waals surface area contributed by atoms with E-state index in [2.05, 4.69) is 4.98 Å². The summed E-state index contributed by atoms with van der Waals surface area (Å²) in [7, 11) is -5.44. The first-order chi connectivity index (χ1) is 5.73. The molecule has 0 atom stereocenters. The number of alkyl halides is 3. The van der Waals surface area contributed by atoms with Gasteiger partial charge >= 0.3 is 16.5 Å². The summed E-state index contributed by atoms with van der Waals surface area (Å²) in [6.07, 6.45) is -4.14. The van der Waals surface area contributed by atoms with E-state index in [1.54, 1.807) is 0 Å². The van der Waals surface area contributed by atoms with E-state index in [1.807, 2.05) is 0 Å². The molecule has 1 aromatic heterocycles. The highest BCUT2D eigenvalue weighted by molar-refractivity contribution is 7.86. The van der Waals surface area contributed by atoms with E-state index >= 15 is 0 Å². The van der Waals surface area contributed by atoms with Crippen molar-refractivity contribution in [1.82, 2.24) is 9.55 Å². The highest BCUT2D eigenvalue weighted by Crippen LogP contribution is 2.25. The fourth-order valence-corrected chi connectivity index (χ4v) is 1.25. The molecule has 0 saturated heterocycles. The van der Waals surface area contributed by atoms with Crippen LogP contribution >= 0.6 is 0 Å². The largest absolute Gasteiger partial charge is 0.490 e. The monoisotopic (exact) mass is 218 g/mol. The van der Waals surface area contributed by atoms with E-state index in [4.69, 9.17) is 0 Å². The average Bonchev–Trinajstić information content (AvgIpc) is 2.27. The van der Waals surface area contributed by atoms with Crippen molar-refractivity contribution in [2.45, 2.75) is 11.5 Å². The molecule has 0 aliphatic carbocycles. The van der Waals surface area contributed by atoms with Crippen molar-refractivity contribution in [3.05, 3.63) is 12.4 Å². The summed E-state index contributed by atoms with van der Waals surface area (Å²) in [4.78, 5) is 2.73. The normalized spacial score (nSPS) is 13.2. The van der Waals surface area contributed by atoms with Gasteiger partial charge in [0, 0.05) is 12.4 Å². The highest BCUT2D eigenvalue weighted by atomic mass is 32.3. The third-order valence-corrected chi connectivity index (χ3v) is 1.84. The lowest BCUT2D eigenvalue weighted by atomic mass is 10.9. The van der Waals surface area contributed by atoms with Crippen molar-refractivity contribution in [2.75, 3.05) is 0 Å². The number of halogens is 4. The van der Waals surface area contributed by atoms with Crippen LogP contribution in [0.2, 0.25) is 0 Å². The fraction of sp³-hybridized carbons (Fsp3) is 0.250. The summed E-state index contributed by atoms with van der Waals surface area (Å²) in [6, 6.07) is 0. The minimum Gasteiger partial charge on any atom is -0.229 e. The molecule has 9 heteroatoms. The maximum Gasteiger partial charge on any atom is 0.490 e. The van der Waals surface area contributed by atoms with Crippen molar-refractivity contribution in [3.63, 3.8) is 0 Å². The highest BCUT2D eigenvalue weighted by Gasteiger charge is 2.37. The number of nitrogens with zero attached hydrogens (tertiary/aromatic N) is 2. The Balaban J connectivity index is 3.35. The minimum absolute atomic E-state index is 0.312. The molecule has 4 nitrogen and oxygen atoms in total. The molecule has 0 aliphatic rings. The first-order valence-electron chi connectivity index (χ1n) is 2.78. The summed E-state index contributed by atoms with van der Waals surface area (Å²) >= 11 is 0. The number of imidazole rings is 1. The van der Waals surface area contributed by atoms with Gasteiger partial charge < -0.3 is 0 Å². The van der Waals surface area contributed by atoms with Crippen molar-refractivity contribution in [1.29, 1.82) is 0 Å². The van der Waals surface area contributed by atoms with Gasteiger partial charge in [-0.1, -0.05) is 3.89 Å². The summed E-state index contributed by atoms with van der Waals surface area (Å²) in [6.45, 7) is 0. The SMILES string of the molecule is O=S(=O)(F)c1nccn1C(F)(F)F. The molecule has 0 aromatic carbocycles. The summed E-state index contributed by atoms with van der Waals surface area (Å²) < 4.78 is 67.3. The molecule has 0 amide bonds. The van der Waals surface area contributed by atoms with E-state index in [-0.39, 0.29) is 0 Å². The predicted molar refractivity (Wildman–Crippen MR) is 31.8 cm³/mol. The molecule has 1 heterocycles. The van der Waals surface area contributed by atoms with Crippen LogP contribution in [0.25, 0.3) is 0 Å². The lowest BCUT2D eigenvalue weighted by Crippen LogP contribution is -2.19. The number of rotatable bonds is 1. The first-order valence-corrected chi connectivity index (χ1v) is 4.16. The first kappa shape index (κ1) is 9.96. The Morgan fingerprint density at radius 1 is 1.38 bits per heavy atom. The Bertz CT molecular complexity index is 406. The van der Waals surface area contributed by atoms with Gasteiger partial charge in [-0.25, -0.2) is 9.55 Å². The van der Waals surface area contributed by atoms with Gasteiger partial charge in [0.15, 0.2) is 0 Å². The van der Waals surface area contributed by atoms with Gasteiger partial charge in [-0.05, 0) is 0 Å². The van der Waals surface area contributed by atoms with Gasteiger partial charge in [0.05, 0.1) is 0 Å². The molecule has 0 fully saturated rings. The van der Waals surface area contributed by atoms with Crippen molar-refractivity contribution >= 4 is 10.2 Å². The Morgan fingerprint density at radius 3 is 2.23 bits per heavy atom. The topological polar surface area (TPSA) is 52.0 Å². The molecule has 0 N–H and O–H groups in total. The summed E-state index contributed by atoms with van der Waals surface area (Å²) in [5.74, 6) is 0. The van der Waals surface area contributed by atoms with Crippen LogP contribution in [0, 0.1) is 0 Å². The molecule has 0 radical (unpaired) electrons. The summed E-state index contributed by atoms with van der Waals surface area (Å²) in [5.41, 5.74) is 0. The Kier molecular flexibility index (Phi) is 2.06. The fourth-order valence-electron chi connectivity index (χ4n) is 0.663. The molecular formula is C4H2F4N2O2S. The molecule has 74 valence electrons. The molecule has 0 saturated carbocycles. The van der Waals surface area contributed by atoms with E-state index in [9.17, 15) is 25.5 Å². The van der Waals surface area contributed by atoms with Gasteiger partial charge in [-0.3, -0.25) is 0 Å². The van der Waals surface area contributed by atoms with Crippen LogP contribution in [-0.4, -0.2) is 18.0 Å². The van der Waals surface area contributed by atoms with Crippen molar-refractivity contribution in [2.24, 2.45) is 0 Å². The van der Waals surface area contributed by atoms with Crippen molar-refractivity contribution < 1.29 is 25.5 Å². The molecule has 1 aromatic rings. The van der Waals surface area contributed by atoms with Crippen LogP contribution in [0.3, 0.4) is 0 Å². The number of hydrogen-bond acceptors (Lipinski definition) is 3. The second kappa shape index (κ2) is 2.69.